The summed E-state index contributed by atoms with van der Waals surface area (Å²) < 4.78 is 2.10. The third-order valence-electron chi connectivity index (χ3n) is 4.14. The van der Waals surface area contributed by atoms with Crippen LogP contribution in [0, 0.1) is 13.8 Å². The molecule has 0 aliphatic heterocycles. The highest BCUT2D eigenvalue weighted by Crippen LogP contribution is 2.25. The molecule has 0 radical (unpaired) electrons. The summed E-state index contributed by atoms with van der Waals surface area (Å²) in [5, 5.41) is 12.6. The Labute approximate surface area is 141 Å². The van der Waals surface area contributed by atoms with Crippen LogP contribution in [0.2, 0.25) is 0 Å². The number of pyridine rings is 1. The number of carbonyl (C=O) groups excluding carboxylic acids is 1. The number of hydrogen-bond acceptors (Lipinski definition) is 3. The second-order valence-electron chi connectivity index (χ2n) is 6.11. The second-order valence-corrected chi connectivity index (χ2v) is 6.11. The van der Waals surface area contributed by atoms with Gasteiger partial charge in [0.1, 0.15) is 11.4 Å². The molecule has 0 atom stereocenters. The minimum Gasteiger partial charge on any atom is -0.506 e. The number of amides is 1. The van der Waals surface area contributed by atoms with Crippen molar-refractivity contribution in [2.24, 2.45) is 0 Å². The summed E-state index contributed by atoms with van der Waals surface area (Å²) in [6.07, 6.45) is 3.62. The van der Waals surface area contributed by atoms with Crippen molar-refractivity contribution in [3.63, 3.8) is 0 Å². The lowest BCUT2D eigenvalue weighted by Gasteiger charge is -2.07. The predicted molar refractivity (Wildman–Crippen MR) is 94.5 cm³/mol. The van der Waals surface area contributed by atoms with Crippen molar-refractivity contribution in [3.05, 3.63) is 59.0 Å². The average molecular weight is 323 g/mol. The normalized spacial score (nSPS) is 11.0. The van der Waals surface area contributed by atoms with Gasteiger partial charge < -0.3 is 14.8 Å². The lowest BCUT2D eigenvalue weighted by molar-refractivity contribution is -0.114. The fraction of sp³-hybridized carbons (Fsp3) is 0.263. The molecule has 3 aromatic rings. The van der Waals surface area contributed by atoms with Crippen LogP contribution in [-0.2, 0) is 17.6 Å². The molecule has 1 aromatic carbocycles. The minimum absolute atomic E-state index is 0.0880. The van der Waals surface area contributed by atoms with Crippen LogP contribution in [0.3, 0.4) is 0 Å². The lowest BCUT2D eigenvalue weighted by Crippen LogP contribution is -2.06. The first-order valence-electron chi connectivity index (χ1n) is 7.97. The maximum atomic E-state index is 11.1. The van der Waals surface area contributed by atoms with E-state index in [-0.39, 0.29) is 11.7 Å². The van der Waals surface area contributed by atoms with E-state index in [0.29, 0.717) is 5.69 Å². The summed E-state index contributed by atoms with van der Waals surface area (Å²) in [6.45, 7) is 5.55. The van der Waals surface area contributed by atoms with Crippen LogP contribution in [-0.4, -0.2) is 20.4 Å². The van der Waals surface area contributed by atoms with Gasteiger partial charge in [0.2, 0.25) is 5.91 Å². The number of phenols is 1. The molecule has 0 aliphatic rings. The van der Waals surface area contributed by atoms with Crippen LogP contribution in [0.4, 0.5) is 5.69 Å². The zero-order chi connectivity index (χ0) is 17.3. The number of aromatic hydroxyl groups is 1. The van der Waals surface area contributed by atoms with Crippen LogP contribution in [0.15, 0.2) is 36.5 Å². The third kappa shape index (κ3) is 3.25. The number of fused-ring (bicyclic) bond motifs is 1. The number of rotatable bonds is 4. The van der Waals surface area contributed by atoms with Crippen LogP contribution in [0.5, 0.6) is 5.75 Å². The summed E-state index contributed by atoms with van der Waals surface area (Å²) in [5.74, 6) is -0.112. The molecular weight excluding hydrogens is 302 g/mol. The number of imidazole rings is 1. The van der Waals surface area contributed by atoms with E-state index in [9.17, 15) is 9.90 Å². The van der Waals surface area contributed by atoms with Crippen LogP contribution in [0.25, 0.3) is 5.65 Å². The molecule has 2 N–H and O–H groups in total. The van der Waals surface area contributed by atoms with Gasteiger partial charge in [-0.15, -0.1) is 0 Å². The number of aryl methyl sites for hydroxylation is 4. The number of aromatic nitrogens is 2. The zero-order valence-electron chi connectivity index (χ0n) is 14.1. The Hall–Kier alpha value is -2.82. The van der Waals surface area contributed by atoms with Crippen molar-refractivity contribution >= 4 is 17.2 Å². The van der Waals surface area contributed by atoms with Crippen molar-refractivity contribution in [2.75, 3.05) is 5.32 Å². The van der Waals surface area contributed by atoms with Gasteiger partial charge in [0.25, 0.3) is 0 Å². The molecule has 0 bridgehead atoms. The molecule has 1 amide bonds. The number of nitrogens with zero attached hydrogens (tertiary/aromatic N) is 2. The summed E-state index contributed by atoms with van der Waals surface area (Å²) in [5.41, 5.74) is 5.80. The quantitative estimate of drug-likeness (QED) is 0.723. The van der Waals surface area contributed by atoms with Crippen molar-refractivity contribution < 1.29 is 9.90 Å². The summed E-state index contributed by atoms with van der Waals surface area (Å²) in [6, 6.07) is 9.49. The topological polar surface area (TPSA) is 66.6 Å². The highest BCUT2D eigenvalue weighted by molar-refractivity contribution is 5.90. The largest absolute Gasteiger partial charge is 0.506 e. The van der Waals surface area contributed by atoms with Gasteiger partial charge in [0.15, 0.2) is 0 Å². The molecule has 24 heavy (non-hydrogen) atoms. The standard InChI is InChI=1S/C19H21N3O2/c1-12-8-9-22-13(2)16(21-19(22)10-12)6-4-15-5-7-17(18(24)11-15)20-14(3)23/h5,7-11,24H,4,6H2,1-3H3,(H,20,23). The van der Waals surface area contributed by atoms with Gasteiger partial charge >= 0.3 is 0 Å². The molecule has 3 rings (SSSR count). The fourth-order valence-electron chi connectivity index (χ4n) is 2.85. The maximum absolute atomic E-state index is 11.1. The van der Waals surface area contributed by atoms with E-state index in [1.165, 1.54) is 12.5 Å². The molecule has 0 saturated carbocycles. The highest BCUT2D eigenvalue weighted by atomic mass is 16.3. The molecule has 0 spiro atoms. The molecule has 0 fully saturated rings. The SMILES string of the molecule is CC(=O)Nc1ccc(CCc2nc3cc(C)ccn3c2C)cc1O. The van der Waals surface area contributed by atoms with E-state index in [1.54, 1.807) is 12.1 Å². The number of carbonyl (C=O) groups is 1. The van der Waals surface area contributed by atoms with Crippen molar-refractivity contribution in [1.82, 2.24) is 9.38 Å². The van der Waals surface area contributed by atoms with Gasteiger partial charge in [-0.05, 0) is 62.1 Å². The molecule has 5 heteroatoms. The number of phenolic OH excluding ortho intramolecular Hbond substituents is 1. The Morgan fingerprint density at radius 1 is 1.21 bits per heavy atom. The summed E-state index contributed by atoms with van der Waals surface area (Å²) in [4.78, 5) is 15.8. The van der Waals surface area contributed by atoms with Gasteiger partial charge in [-0.2, -0.15) is 0 Å². The average Bonchev–Trinajstić information content (AvgIpc) is 2.83. The molecule has 5 nitrogen and oxygen atoms in total. The number of benzene rings is 1. The zero-order valence-corrected chi connectivity index (χ0v) is 14.1. The van der Waals surface area contributed by atoms with E-state index in [4.69, 9.17) is 4.98 Å². The second kappa shape index (κ2) is 6.35. The lowest BCUT2D eigenvalue weighted by atomic mass is 10.1. The molecule has 2 aromatic heterocycles. The Kier molecular flexibility index (Phi) is 4.25. The molecule has 2 heterocycles. The van der Waals surface area contributed by atoms with E-state index >= 15 is 0 Å². The Morgan fingerprint density at radius 2 is 2.00 bits per heavy atom. The summed E-state index contributed by atoms with van der Waals surface area (Å²) >= 11 is 0. The van der Waals surface area contributed by atoms with E-state index in [2.05, 4.69) is 35.7 Å². The number of hydrogen-bond donors (Lipinski definition) is 2. The number of nitrogens with one attached hydrogen (secondary N) is 1. The van der Waals surface area contributed by atoms with Gasteiger partial charge in [-0.25, -0.2) is 4.98 Å². The van der Waals surface area contributed by atoms with E-state index < -0.39 is 0 Å². The smallest absolute Gasteiger partial charge is 0.221 e. The molecule has 0 saturated heterocycles. The van der Waals surface area contributed by atoms with Crippen molar-refractivity contribution in [3.8, 4) is 5.75 Å². The minimum atomic E-state index is -0.200. The predicted octanol–water partition coefficient (Wildman–Crippen LogP) is 3.40. The highest BCUT2D eigenvalue weighted by Gasteiger charge is 2.10. The fourth-order valence-corrected chi connectivity index (χ4v) is 2.85. The van der Waals surface area contributed by atoms with Crippen LogP contribution < -0.4 is 5.32 Å². The Balaban J connectivity index is 1.77. The van der Waals surface area contributed by atoms with Crippen molar-refractivity contribution in [1.29, 1.82) is 0 Å². The maximum Gasteiger partial charge on any atom is 0.221 e. The van der Waals surface area contributed by atoms with Crippen molar-refractivity contribution in [2.45, 2.75) is 33.6 Å². The molecule has 0 aliphatic carbocycles. The van der Waals surface area contributed by atoms with E-state index in [0.717, 1.165) is 35.4 Å². The van der Waals surface area contributed by atoms with E-state index in [1.807, 2.05) is 12.3 Å². The van der Waals surface area contributed by atoms with Crippen LogP contribution in [0.1, 0.15) is 29.4 Å². The Bertz CT molecular complexity index is 912. The van der Waals surface area contributed by atoms with Crippen LogP contribution >= 0.6 is 0 Å². The third-order valence-corrected chi connectivity index (χ3v) is 4.14. The summed E-state index contributed by atoms with van der Waals surface area (Å²) in [7, 11) is 0. The number of anilines is 1. The first-order valence-corrected chi connectivity index (χ1v) is 7.97. The monoisotopic (exact) mass is 323 g/mol. The molecule has 0 unspecified atom stereocenters. The molecular formula is C19H21N3O2. The van der Waals surface area contributed by atoms with Gasteiger partial charge in [0.05, 0.1) is 11.4 Å². The Morgan fingerprint density at radius 3 is 2.71 bits per heavy atom. The van der Waals surface area contributed by atoms with Gasteiger partial charge in [-0.3, -0.25) is 4.79 Å². The first kappa shape index (κ1) is 16.1. The van der Waals surface area contributed by atoms with Gasteiger partial charge in [-0.1, -0.05) is 6.07 Å². The van der Waals surface area contributed by atoms with Gasteiger partial charge in [0, 0.05) is 18.8 Å². The first-order chi connectivity index (χ1) is 11.4. The molecule has 124 valence electrons.